The van der Waals surface area contributed by atoms with Crippen molar-refractivity contribution in [1.82, 2.24) is 4.90 Å². The number of hydrogen-bond donors (Lipinski definition) is 1. The Hall–Kier alpha value is -0.480. The first-order valence-electron chi connectivity index (χ1n) is 3.20. The van der Waals surface area contributed by atoms with Crippen molar-refractivity contribution in [3.63, 3.8) is 0 Å². The molecule has 0 bridgehead atoms. The number of amidine groups is 1. The summed E-state index contributed by atoms with van der Waals surface area (Å²) in [6, 6.07) is 0. The molecule has 2 heterocycles. The molecule has 10 heavy (non-hydrogen) atoms. The quantitative estimate of drug-likeness (QED) is 0.590. The molecule has 3 nitrogen and oxygen atoms in total. The Morgan fingerprint density at radius 1 is 1.80 bits per heavy atom. The van der Waals surface area contributed by atoms with E-state index < -0.39 is 0 Å². The zero-order valence-corrected chi connectivity index (χ0v) is 6.27. The van der Waals surface area contributed by atoms with Crippen molar-refractivity contribution in [2.24, 2.45) is 4.99 Å². The lowest BCUT2D eigenvalue weighted by Gasteiger charge is -2.04. The van der Waals surface area contributed by atoms with Crippen LogP contribution in [-0.4, -0.2) is 34.9 Å². The molecule has 1 N–H and O–H groups in total. The van der Waals surface area contributed by atoms with Gasteiger partial charge in [0.2, 0.25) is 0 Å². The van der Waals surface area contributed by atoms with Gasteiger partial charge >= 0.3 is 0 Å². The average Bonchev–Trinajstić information content (AvgIpc) is 2.42. The van der Waals surface area contributed by atoms with Crippen LogP contribution in [0.3, 0.4) is 0 Å². The van der Waals surface area contributed by atoms with Crippen LogP contribution in [0, 0.1) is 0 Å². The molecule has 4 heteroatoms. The minimum Gasteiger partial charge on any atom is -0.391 e. The third kappa shape index (κ3) is 0.839. The third-order valence-electron chi connectivity index (χ3n) is 1.51. The van der Waals surface area contributed by atoms with Crippen LogP contribution in [-0.2, 0) is 0 Å². The summed E-state index contributed by atoms with van der Waals surface area (Å²) in [7, 11) is 0. The van der Waals surface area contributed by atoms with Crippen molar-refractivity contribution in [2.75, 3.05) is 19.7 Å². The zero-order chi connectivity index (χ0) is 6.97. The first kappa shape index (κ1) is 6.24. The van der Waals surface area contributed by atoms with Crippen molar-refractivity contribution in [2.45, 2.75) is 0 Å². The smallest absolute Gasteiger partial charge is 0.168 e. The molecule has 0 aromatic carbocycles. The topological polar surface area (TPSA) is 35.8 Å². The highest BCUT2D eigenvalue weighted by Gasteiger charge is 2.23. The largest absolute Gasteiger partial charge is 0.391 e. The lowest BCUT2D eigenvalue weighted by atomic mass is 10.5. The molecular formula is C6H8N2OS. The van der Waals surface area contributed by atoms with Gasteiger partial charge in [0, 0.05) is 17.6 Å². The summed E-state index contributed by atoms with van der Waals surface area (Å²) in [5.74, 6) is 0. The lowest BCUT2D eigenvalue weighted by molar-refractivity contribution is 0.338. The van der Waals surface area contributed by atoms with Gasteiger partial charge in [-0.2, -0.15) is 0 Å². The molecule has 0 aromatic rings. The maximum absolute atomic E-state index is 8.75. The number of thioether (sulfide) groups is 1. The van der Waals surface area contributed by atoms with Crippen molar-refractivity contribution in [1.29, 1.82) is 0 Å². The normalized spacial score (nSPS) is 22.7. The van der Waals surface area contributed by atoms with Crippen LogP contribution in [0.15, 0.2) is 16.1 Å². The van der Waals surface area contributed by atoms with Crippen LogP contribution in [0.25, 0.3) is 0 Å². The highest BCUT2D eigenvalue weighted by atomic mass is 32.2. The predicted octanol–water partition coefficient (Wildman–Crippen LogP) is 0.238. The van der Waals surface area contributed by atoms with Crippen LogP contribution >= 0.6 is 11.8 Å². The molecule has 0 fully saturated rings. The van der Waals surface area contributed by atoms with Crippen LogP contribution in [0.5, 0.6) is 0 Å². The fourth-order valence-electron chi connectivity index (χ4n) is 1.04. The van der Waals surface area contributed by atoms with Crippen LogP contribution in [0.1, 0.15) is 0 Å². The van der Waals surface area contributed by atoms with Gasteiger partial charge in [-0.3, -0.25) is 4.99 Å². The summed E-state index contributed by atoms with van der Waals surface area (Å²) in [5, 5.41) is 9.80. The SMILES string of the molecule is OCC1=CN2CCN=C2S1. The molecule has 2 rings (SSSR count). The second-order valence-electron chi connectivity index (χ2n) is 2.21. The van der Waals surface area contributed by atoms with Crippen molar-refractivity contribution in [3.8, 4) is 0 Å². The Kier molecular flexibility index (Phi) is 1.43. The molecule has 2 aliphatic heterocycles. The Morgan fingerprint density at radius 2 is 2.70 bits per heavy atom. The Labute approximate surface area is 63.4 Å². The number of hydrogen-bond acceptors (Lipinski definition) is 4. The van der Waals surface area contributed by atoms with Crippen molar-refractivity contribution in [3.05, 3.63) is 11.1 Å². The van der Waals surface area contributed by atoms with Gasteiger partial charge < -0.3 is 10.0 Å². The Bertz CT molecular complexity index is 212. The summed E-state index contributed by atoms with van der Waals surface area (Å²) in [4.78, 5) is 7.32. The fraction of sp³-hybridized carbons (Fsp3) is 0.500. The zero-order valence-electron chi connectivity index (χ0n) is 5.45. The Morgan fingerprint density at radius 3 is 3.40 bits per heavy atom. The van der Waals surface area contributed by atoms with E-state index in [1.54, 1.807) is 11.8 Å². The van der Waals surface area contributed by atoms with Crippen molar-refractivity contribution < 1.29 is 5.11 Å². The molecule has 54 valence electrons. The molecule has 0 unspecified atom stereocenters. The van der Waals surface area contributed by atoms with E-state index in [2.05, 4.69) is 9.89 Å². The number of aliphatic hydroxyl groups is 1. The molecule has 2 aliphatic rings. The maximum Gasteiger partial charge on any atom is 0.168 e. The molecule has 0 saturated heterocycles. The summed E-state index contributed by atoms with van der Waals surface area (Å²) < 4.78 is 0. The summed E-state index contributed by atoms with van der Waals surface area (Å²) in [6.07, 6.45) is 1.97. The van der Waals surface area contributed by atoms with Gasteiger partial charge in [-0.25, -0.2) is 0 Å². The number of fused-ring (bicyclic) bond motifs is 1. The van der Waals surface area contributed by atoms with Crippen LogP contribution in [0.2, 0.25) is 0 Å². The van der Waals surface area contributed by atoms with E-state index in [0.717, 1.165) is 23.2 Å². The highest BCUT2D eigenvalue weighted by molar-refractivity contribution is 8.17. The van der Waals surface area contributed by atoms with Crippen LogP contribution < -0.4 is 0 Å². The van der Waals surface area contributed by atoms with Gasteiger partial charge in [-0.05, 0) is 0 Å². The molecule has 0 aromatic heterocycles. The number of rotatable bonds is 1. The van der Waals surface area contributed by atoms with E-state index in [-0.39, 0.29) is 6.61 Å². The van der Waals surface area contributed by atoms with Gasteiger partial charge in [-0.15, -0.1) is 0 Å². The van der Waals surface area contributed by atoms with Gasteiger partial charge in [0.1, 0.15) is 0 Å². The monoisotopic (exact) mass is 156 g/mol. The molecule has 0 saturated carbocycles. The molecular weight excluding hydrogens is 148 g/mol. The highest BCUT2D eigenvalue weighted by Crippen LogP contribution is 2.29. The molecule has 0 radical (unpaired) electrons. The van der Waals surface area contributed by atoms with E-state index in [1.165, 1.54) is 0 Å². The summed E-state index contributed by atoms with van der Waals surface area (Å²) in [5.41, 5.74) is 0. The van der Waals surface area contributed by atoms with Crippen molar-refractivity contribution >= 4 is 16.9 Å². The lowest BCUT2D eigenvalue weighted by Crippen LogP contribution is -2.14. The van der Waals surface area contributed by atoms with Gasteiger partial charge in [0.25, 0.3) is 0 Å². The molecule has 0 spiro atoms. The minimum atomic E-state index is 0.139. The van der Waals surface area contributed by atoms with Gasteiger partial charge in [-0.1, -0.05) is 11.8 Å². The average molecular weight is 156 g/mol. The van der Waals surface area contributed by atoms with E-state index in [1.807, 2.05) is 6.20 Å². The number of aliphatic imine (C=N–C) groups is 1. The Balaban J connectivity index is 2.16. The second-order valence-corrected chi connectivity index (χ2v) is 3.31. The summed E-state index contributed by atoms with van der Waals surface area (Å²) in [6.45, 7) is 2.02. The van der Waals surface area contributed by atoms with Crippen LogP contribution in [0.4, 0.5) is 0 Å². The van der Waals surface area contributed by atoms with Gasteiger partial charge in [0.15, 0.2) is 5.17 Å². The van der Waals surface area contributed by atoms with E-state index >= 15 is 0 Å². The first-order valence-corrected chi connectivity index (χ1v) is 4.02. The minimum absolute atomic E-state index is 0.139. The van der Waals surface area contributed by atoms with E-state index in [0.29, 0.717) is 0 Å². The molecule has 0 amide bonds. The standard InChI is InChI=1S/C6H8N2OS/c9-4-5-3-8-2-1-7-6(8)10-5/h3,9H,1-2,4H2. The first-order chi connectivity index (χ1) is 4.90. The van der Waals surface area contributed by atoms with Gasteiger partial charge in [0.05, 0.1) is 13.2 Å². The third-order valence-corrected chi connectivity index (χ3v) is 2.55. The molecule has 0 atom stereocenters. The van der Waals surface area contributed by atoms with E-state index in [9.17, 15) is 0 Å². The fourth-order valence-corrected chi connectivity index (χ4v) is 1.94. The van der Waals surface area contributed by atoms with E-state index in [4.69, 9.17) is 5.11 Å². The maximum atomic E-state index is 8.75. The number of aliphatic hydroxyl groups excluding tert-OH is 1. The number of nitrogens with zero attached hydrogens (tertiary/aromatic N) is 2. The predicted molar refractivity (Wildman–Crippen MR) is 41.8 cm³/mol. The summed E-state index contributed by atoms with van der Waals surface area (Å²) >= 11 is 1.57. The molecule has 0 aliphatic carbocycles. The second kappa shape index (κ2) is 2.29.